The SMILES string of the molecule is CC(C)(O)c1cnc(N2CCCC2)nc1. The summed E-state index contributed by atoms with van der Waals surface area (Å²) in [6.07, 6.45) is 5.86. The van der Waals surface area contributed by atoms with Crippen molar-refractivity contribution in [2.75, 3.05) is 18.0 Å². The molecule has 0 saturated carbocycles. The van der Waals surface area contributed by atoms with Gasteiger partial charge in [-0.2, -0.15) is 0 Å². The molecule has 1 fully saturated rings. The molecule has 0 aromatic carbocycles. The lowest BCUT2D eigenvalue weighted by Gasteiger charge is -2.19. The van der Waals surface area contributed by atoms with E-state index >= 15 is 0 Å². The lowest BCUT2D eigenvalue weighted by atomic mass is 10.0. The van der Waals surface area contributed by atoms with E-state index in [1.807, 2.05) is 0 Å². The topological polar surface area (TPSA) is 49.3 Å². The average molecular weight is 207 g/mol. The largest absolute Gasteiger partial charge is 0.386 e. The number of aliphatic hydroxyl groups is 1. The van der Waals surface area contributed by atoms with Gasteiger partial charge in [-0.1, -0.05) is 0 Å². The third-order valence-electron chi connectivity index (χ3n) is 2.73. The van der Waals surface area contributed by atoms with Crippen LogP contribution >= 0.6 is 0 Å². The van der Waals surface area contributed by atoms with Gasteiger partial charge in [-0.15, -0.1) is 0 Å². The molecule has 15 heavy (non-hydrogen) atoms. The average Bonchev–Trinajstić information content (AvgIpc) is 2.69. The van der Waals surface area contributed by atoms with Crippen molar-refractivity contribution in [3.8, 4) is 0 Å². The van der Waals surface area contributed by atoms with Crippen molar-refractivity contribution in [1.82, 2.24) is 9.97 Å². The Hall–Kier alpha value is -1.16. The summed E-state index contributed by atoms with van der Waals surface area (Å²) in [6, 6.07) is 0. The Morgan fingerprint density at radius 3 is 2.20 bits per heavy atom. The van der Waals surface area contributed by atoms with Gasteiger partial charge in [0.2, 0.25) is 5.95 Å². The molecule has 0 spiro atoms. The maximum Gasteiger partial charge on any atom is 0.225 e. The maximum absolute atomic E-state index is 9.75. The highest BCUT2D eigenvalue weighted by Gasteiger charge is 2.19. The molecular weight excluding hydrogens is 190 g/mol. The van der Waals surface area contributed by atoms with Crippen LogP contribution in [0.2, 0.25) is 0 Å². The summed E-state index contributed by atoms with van der Waals surface area (Å²) in [5.41, 5.74) is -0.103. The molecule has 0 unspecified atom stereocenters. The zero-order valence-corrected chi connectivity index (χ0v) is 9.27. The fourth-order valence-corrected chi connectivity index (χ4v) is 1.72. The predicted octanol–water partition coefficient (Wildman–Crippen LogP) is 1.30. The third kappa shape index (κ3) is 2.26. The van der Waals surface area contributed by atoms with Crippen LogP contribution in [0.3, 0.4) is 0 Å². The monoisotopic (exact) mass is 207 g/mol. The molecule has 0 aliphatic carbocycles. The number of hydrogen-bond donors (Lipinski definition) is 1. The molecule has 82 valence electrons. The van der Waals surface area contributed by atoms with E-state index in [1.165, 1.54) is 12.8 Å². The Bertz CT molecular complexity index is 323. The Morgan fingerprint density at radius 2 is 1.73 bits per heavy atom. The normalized spacial score (nSPS) is 17.1. The molecule has 0 bridgehead atoms. The van der Waals surface area contributed by atoms with Crippen LogP contribution in [0.1, 0.15) is 32.3 Å². The summed E-state index contributed by atoms with van der Waals surface area (Å²) in [7, 11) is 0. The molecule has 1 aliphatic rings. The summed E-state index contributed by atoms with van der Waals surface area (Å²) in [6.45, 7) is 5.56. The molecule has 1 saturated heterocycles. The van der Waals surface area contributed by atoms with E-state index in [0.29, 0.717) is 0 Å². The number of nitrogens with zero attached hydrogens (tertiary/aromatic N) is 3. The Labute approximate surface area is 90.0 Å². The van der Waals surface area contributed by atoms with Gasteiger partial charge in [0.25, 0.3) is 0 Å². The van der Waals surface area contributed by atoms with Gasteiger partial charge in [0.15, 0.2) is 0 Å². The zero-order valence-electron chi connectivity index (χ0n) is 9.27. The van der Waals surface area contributed by atoms with Crippen LogP contribution < -0.4 is 4.90 Å². The van der Waals surface area contributed by atoms with Gasteiger partial charge in [0.05, 0.1) is 5.60 Å². The Morgan fingerprint density at radius 1 is 1.20 bits per heavy atom. The number of rotatable bonds is 2. The van der Waals surface area contributed by atoms with Crippen LogP contribution in [-0.2, 0) is 5.60 Å². The first-order valence-electron chi connectivity index (χ1n) is 5.37. The van der Waals surface area contributed by atoms with Crippen molar-refractivity contribution in [2.45, 2.75) is 32.3 Å². The summed E-state index contributed by atoms with van der Waals surface area (Å²) >= 11 is 0. The van der Waals surface area contributed by atoms with Gasteiger partial charge in [0, 0.05) is 31.0 Å². The van der Waals surface area contributed by atoms with E-state index < -0.39 is 5.60 Å². The maximum atomic E-state index is 9.75. The van der Waals surface area contributed by atoms with Crippen molar-refractivity contribution >= 4 is 5.95 Å². The smallest absolute Gasteiger partial charge is 0.225 e. The van der Waals surface area contributed by atoms with Crippen molar-refractivity contribution in [3.63, 3.8) is 0 Å². The lowest BCUT2D eigenvalue weighted by Crippen LogP contribution is -2.22. The molecule has 1 aromatic rings. The molecule has 1 aliphatic heterocycles. The molecule has 2 rings (SSSR count). The second-order valence-electron chi connectivity index (χ2n) is 4.52. The van der Waals surface area contributed by atoms with Gasteiger partial charge in [-0.05, 0) is 26.7 Å². The van der Waals surface area contributed by atoms with E-state index in [0.717, 1.165) is 24.6 Å². The summed E-state index contributed by atoms with van der Waals surface area (Å²) in [5.74, 6) is 0.778. The van der Waals surface area contributed by atoms with Crippen LogP contribution in [0.5, 0.6) is 0 Å². The van der Waals surface area contributed by atoms with Crippen molar-refractivity contribution < 1.29 is 5.11 Å². The first-order chi connectivity index (χ1) is 7.07. The van der Waals surface area contributed by atoms with E-state index in [9.17, 15) is 5.11 Å². The predicted molar refractivity (Wildman–Crippen MR) is 58.7 cm³/mol. The van der Waals surface area contributed by atoms with Gasteiger partial charge in [0.1, 0.15) is 0 Å². The third-order valence-corrected chi connectivity index (χ3v) is 2.73. The highest BCUT2D eigenvalue weighted by atomic mass is 16.3. The number of hydrogen-bond acceptors (Lipinski definition) is 4. The lowest BCUT2D eigenvalue weighted by molar-refractivity contribution is 0.0778. The minimum Gasteiger partial charge on any atom is -0.386 e. The number of anilines is 1. The molecule has 2 heterocycles. The fourth-order valence-electron chi connectivity index (χ4n) is 1.72. The second kappa shape index (κ2) is 3.77. The second-order valence-corrected chi connectivity index (χ2v) is 4.52. The van der Waals surface area contributed by atoms with Gasteiger partial charge < -0.3 is 10.0 Å². The summed E-state index contributed by atoms with van der Waals surface area (Å²) in [4.78, 5) is 10.7. The fraction of sp³-hybridized carbons (Fsp3) is 0.636. The van der Waals surface area contributed by atoms with Crippen LogP contribution in [0.25, 0.3) is 0 Å². The standard InChI is InChI=1S/C11H17N3O/c1-11(2,15)9-7-12-10(13-8-9)14-5-3-4-6-14/h7-8,15H,3-6H2,1-2H3. The Kier molecular flexibility index (Phi) is 2.61. The van der Waals surface area contributed by atoms with Crippen LogP contribution in [0.15, 0.2) is 12.4 Å². The molecule has 0 atom stereocenters. The molecule has 0 radical (unpaired) electrons. The summed E-state index contributed by atoms with van der Waals surface area (Å²) in [5, 5.41) is 9.75. The number of aromatic nitrogens is 2. The molecule has 4 heteroatoms. The van der Waals surface area contributed by atoms with E-state index in [1.54, 1.807) is 26.2 Å². The molecule has 0 amide bonds. The summed E-state index contributed by atoms with van der Waals surface area (Å²) < 4.78 is 0. The first kappa shape index (κ1) is 10.4. The van der Waals surface area contributed by atoms with Crippen LogP contribution in [0.4, 0.5) is 5.95 Å². The Balaban J connectivity index is 2.16. The van der Waals surface area contributed by atoms with Crippen LogP contribution in [-0.4, -0.2) is 28.2 Å². The highest BCUT2D eigenvalue weighted by Crippen LogP contribution is 2.20. The van der Waals surface area contributed by atoms with Gasteiger partial charge in [-0.3, -0.25) is 0 Å². The van der Waals surface area contributed by atoms with Gasteiger partial charge >= 0.3 is 0 Å². The molecule has 1 aromatic heterocycles. The van der Waals surface area contributed by atoms with Crippen molar-refractivity contribution in [2.24, 2.45) is 0 Å². The van der Waals surface area contributed by atoms with Gasteiger partial charge in [-0.25, -0.2) is 9.97 Å². The first-order valence-corrected chi connectivity index (χ1v) is 5.37. The quantitative estimate of drug-likeness (QED) is 0.794. The minimum absolute atomic E-state index is 0.755. The van der Waals surface area contributed by atoms with E-state index in [2.05, 4.69) is 14.9 Å². The molecule has 4 nitrogen and oxygen atoms in total. The zero-order chi connectivity index (χ0) is 10.9. The highest BCUT2D eigenvalue weighted by molar-refractivity contribution is 5.31. The van der Waals surface area contributed by atoms with E-state index in [4.69, 9.17) is 0 Å². The minimum atomic E-state index is -0.858. The van der Waals surface area contributed by atoms with Crippen molar-refractivity contribution in [1.29, 1.82) is 0 Å². The molecule has 1 N–H and O–H groups in total. The van der Waals surface area contributed by atoms with Crippen molar-refractivity contribution in [3.05, 3.63) is 18.0 Å². The van der Waals surface area contributed by atoms with Crippen LogP contribution in [0, 0.1) is 0 Å². The molecular formula is C11H17N3O. The van der Waals surface area contributed by atoms with E-state index in [-0.39, 0.29) is 0 Å².